The Balaban J connectivity index is 1.42. The first-order valence-electron chi connectivity index (χ1n) is 8.28. The highest BCUT2D eigenvalue weighted by Gasteiger charge is 2.32. The van der Waals surface area contributed by atoms with Gasteiger partial charge in [-0.2, -0.15) is 5.10 Å². The van der Waals surface area contributed by atoms with Gasteiger partial charge in [0.2, 0.25) is 5.91 Å². The number of rotatable bonds is 2. The standard InChI is InChI=1S/C17H21N5O/c23-17-16(6-5-13-3-1-2-4-15(13)20-17)21-9-7-14(8-10-21)22-12-18-11-19-22/h1-4,11-12,14,16H,5-10H2,(H,20,23)/t16-/m1/s1. The molecule has 1 aromatic carbocycles. The minimum Gasteiger partial charge on any atom is -0.324 e. The fraction of sp³-hybridized carbons (Fsp3) is 0.471. The number of para-hydroxylation sites is 1. The maximum Gasteiger partial charge on any atom is 0.241 e. The first-order valence-corrected chi connectivity index (χ1v) is 8.28. The SMILES string of the molecule is O=C1Nc2ccccc2CC[C@H]1N1CCC(n2cncn2)CC1. The van der Waals surface area contributed by atoms with Crippen molar-refractivity contribution in [2.75, 3.05) is 18.4 Å². The van der Waals surface area contributed by atoms with Crippen molar-refractivity contribution in [3.05, 3.63) is 42.5 Å². The summed E-state index contributed by atoms with van der Waals surface area (Å²) >= 11 is 0. The lowest BCUT2D eigenvalue weighted by Crippen LogP contribution is -2.47. The van der Waals surface area contributed by atoms with E-state index in [4.69, 9.17) is 0 Å². The molecular weight excluding hydrogens is 290 g/mol. The molecule has 1 amide bonds. The Kier molecular flexibility index (Phi) is 3.83. The number of aromatic nitrogens is 3. The van der Waals surface area contributed by atoms with Crippen molar-refractivity contribution in [3.8, 4) is 0 Å². The fourth-order valence-electron chi connectivity index (χ4n) is 3.72. The third-order valence-corrected chi connectivity index (χ3v) is 5.02. The van der Waals surface area contributed by atoms with Crippen molar-refractivity contribution in [1.82, 2.24) is 19.7 Å². The molecule has 1 atom stereocenters. The molecule has 2 aromatic rings. The van der Waals surface area contributed by atoms with E-state index < -0.39 is 0 Å². The van der Waals surface area contributed by atoms with Gasteiger partial charge in [-0.1, -0.05) is 18.2 Å². The summed E-state index contributed by atoms with van der Waals surface area (Å²) in [6.07, 6.45) is 7.23. The molecule has 23 heavy (non-hydrogen) atoms. The van der Waals surface area contributed by atoms with Crippen LogP contribution in [0.3, 0.4) is 0 Å². The third kappa shape index (κ3) is 2.86. The summed E-state index contributed by atoms with van der Waals surface area (Å²) in [6.45, 7) is 1.86. The number of amides is 1. The quantitative estimate of drug-likeness (QED) is 0.919. The summed E-state index contributed by atoms with van der Waals surface area (Å²) < 4.78 is 1.94. The maximum atomic E-state index is 12.6. The Morgan fingerprint density at radius 2 is 1.96 bits per heavy atom. The molecule has 0 saturated carbocycles. The molecule has 1 aromatic heterocycles. The molecule has 1 saturated heterocycles. The van der Waals surface area contributed by atoms with Gasteiger partial charge in [0.15, 0.2) is 0 Å². The van der Waals surface area contributed by atoms with E-state index in [1.807, 2.05) is 22.9 Å². The van der Waals surface area contributed by atoms with Crippen LogP contribution >= 0.6 is 0 Å². The van der Waals surface area contributed by atoms with Crippen molar-refractivity contribution in [1.29, 1.82) is 0 Å². The number of nitrogens with zero attached hydrogens (tertiary/aromatic N) is 4. The van der Waals surface area contributed by atoms with E-state index in [9.17, 15) is 4.79 Å². The molecule has 0 radical (unpaired) electrons. The summed E-state index contributed by atoms with van der Waals surface area (Å²) in [4.78, 5) is 19.0. The number of hydrogen-bond acceptors (Lipinski definition) is 4. The lowest BCUT2D eigenvalue weighted by atomic mass is 10.00. The molecular formula is C17H21N5O. The molecule has 1 fully saturated rings. The smallest absolute Gasteiger partial charge is 0.241 e. The van der Waals surface area contributed by atoms with Gasteiger partial charge < -0.3 is 5.32 Å². The molecule has 6 nitrogen and oxygen atoms in total. The second kappa shape index (κ2) is 6.12. The predicted octanol–water partition coefficient (Wildman–Crippen LogP) is 1.87. The summed E-state index contributed by atoms with van der Waals surface area (Å²) in [7, 11) is 0. The molecule has 6 heteroatoms. The Labute approximate surface area is 135 Å². The number of carbonyl (C=O) groups is 1. The second-order valence-corrected chi connectivity index (χ2v) is 6.34. The number of fused-ring (bicyclic) bond motifs is 1. The van der Waals surface area contributed by atoms with Gasteiger partial charge in [0, 0.05) is 18.8 Å². The Hall–Kier alpha value is -2.21. The molecule has 0 aliphatic carbocycles. The Morgan fingerprint density at radius 3 is 2.74 bits per heavy atom. The van der Waals surface area contributed by atoms with Gasteiger partial charge in [-0.3, -0.25) is 9.69 Å². The zero-order valence-corrected chi connectivity index (χ0v) is 13.1. The number of aryl methyl sites for hydroxylation is 1. The molecule has 120 valence electrons. The number of benzene rings is 1. The van der Waals surface area contributed by atoms with Gasteiger partial charge >= 0.3 is 0 Å². The van der Waals surface area contributed by atoms with Crippen LogP contribution in [0.1, 0.15) is 30.9 Å². The monoisotopic (exact) mass is 311 g/mol. The zero-order valence-electron chi connectivity index (χ0n) is 13.1. The average Bonchev–Trinajstić information content (AvgIpc) is 3.06. The van der Waals surface area contributed by atoms with Crippen LogP contribution in [0.15, 0.2) is 36.9 Å². The number of anilines is 1. The molecule has 2 aliphatic rings. The number of likely N-dealkylation sites (tertiary alicyclic amines) is 1. The molecule has 3 heterocycles. The first-order chi connectivity index (χ1) is 11.3. The van der Waals surface area contributed by atoms with Crippen molar-refractivity contribution < 1.29 is 4.79 Å². The van der Waals surface area contributed by atoms with Crippen LogP contribution < -0.4 is 5.32 Å². The second-order valence-electron chi connectivity index (χ2n) is 6.34. The van der Waals surface area contributed by atoms with Crippen LogP contribution in [-0.2, 0) is 11.2 Å². The van der Waals surface area contributed by atoms with Crippen LogP contribution in [0.4, 0.5) is 5.69 Å². The lowest BCUT2D eigenvalue weighted by Gasteiger charge is -2.36. The number of carbonyl (C=O) groups excluding carboxylic acids is 1. The fourth-order valence-corrected chi connectivity index (χ4v) is 3.72. The molecule has 0 unspecified atom stereocenters. The van der Waals surface area contributed by atoms with E-state index in [1.165, 1.54) is 5.56 Å². The summed E-state index contributed by atoms with van der Waals surface area (Å²) in [5.41, 5.74) is 2.21. The van der Waals surface area contributed by atoms with E-state index in [0.717, 1.165) is 44.5 Å². The number of nitrogens with one attached hydrogen (secondary N) is 1. The maximum absolute atomic E-state index is 12.6. The van der Waals surface area contributed by atoms with Crippen LogP contribution in [0, 0.1) is 0 Å². The number of hydrogen-bond donors (Lipinski definition) is 1. The van der Waals surface area contributed by atoms with E-state index in [0.29, 0.717) is 6.04 Å². The minimum atomic E-state index is -0.0286. The van der Waals surface area contributed by atoms with Crippen molar-refractivity contribution in [2.45, 2.75) is 37.8 Å². The van der Waals surface area contributed by atoms with Crippen LogP contribution in [-0.4, -0.2) is 44.7 Å². The topological polar surface area (TPSA) is 63.1 Å². The van der Waals surface area contributed by atoms with E-state index in [-0.39, 0.29) is 11.9 Å². The van der Waals surface area contributed by atoms with Crippen LogP contribution in [0.25, 0.3) is 0 Å². The Bertz CT molecular complexity index is 676. The average molecular weight is 311 g/mol. The van der Waals surface area contributed by atoms with Gasteiger partial charge in [-0.15, -0.1) is 0 Å². The zero-order chi connectivity index (χ0) is 15.6. The minimum absolute atomic E-state index is 0.0286. The van der Waals surface area contributed by atoms with Crippen molar-refractivity contribution in [2.24, 2.45) is 0 Å². The highest BCUT2D eigenvalue weighted by Crippen LogP contribution is 2.27. The molecule has 4 rings (SSSR count). The third-order valence-electron chi connectivity index (χ3n) is 5.02. The summed E-state index contributed by atoms with van der Waals surface area (Å²) in [6, 6.07) is 8.48. The highest BCUT2D eigenvalue weighted by molar-refractivity contribution is 5.96. The summed E-state index contributed by atoms with van der Waals surface area (Å²) in [5.74, 6) is 0.133. The van der Waals surface area contributed by atoms with Crippen molar-refractivity contribution >= 4 is 11.6 Å². The molecule has 2 aliphatic heterocycles. The first kappa shape index (κ1) is 14.4. The van der Waals surface area contributed by atoms with Gasteiger partial charge in [-0.05, 0) is 37.3 Å². The van der Waals surface area contributed by atoms with Crippen LogP contribution in [0.2, 0.25) is 0 Å². The lowest BCUT2D eigenvalue weighted by molar-refractivity contribution is -0.122. The van der Waals surface area contributed by atoms with Crippen molar-refractivity contribution in [3.63, 3.8) is 0 Å². The van der Waals surface area contributed by atoms with Gasteiger partial charge in [0.1, 0.15) is 12.7 Å². The van der Waals surface area contributed by atoms with E-state index >= 15 is 0 Å². The molecule has 0 spiro atoms. The van der Waals surface area contributed by atoms with Gasteiger partial charge in [0.05, 0.1) is 12.1 Å². The predicted molar refractivity (Wildman–Crippen MR) is 87.0 cm³/mol. The Morgan fingerprint density at radius 1 is 1.13 bits per heavy atom. The van der Waals surface area contributed by atoms with Crippen LogP contribution in [0.5, 0.6) is 0 Å². The largest absolute Gasteiger partial charge is 0.324 e. The molecule has 1 N–H and O–H groups in total. The number of piperidine rings is 1. The molecule has 0 bridgehead atoms. The van der Waals surface area contributed by atoms with Gasteiger partial charge in [-0.25, -0.2) is 9.67 Å². The van der Waals surface area contributed by atoms with Gasteiger partial charge in [0.25, 0.3) is 0 Å². The highest BCUT2D eigenvalue weighted by atomic mass is 16.2. The normalized spacial score (nSPS) is 23.1. The van der Waals surface area contributed by atoms with E-state index in [2.05, 4.69) is 26.4 Å². The summed E-state index contributed by atoms with van der Waals surface area (Å²) in [5, 5.41) is 7.34. The van der Waals surface area contributed by atoms with E-state index in [1.54, 1.807) is 12.7 Å².